The molecule has 0 aromatic heterocycles. The molecule has 0 aliphatic carbocycles. The fourth-order valence-electron chi connectivity index (χ4n) is 5.43. The summed E-state index contributed by atoms with van der Waals surface area (Å²) >= 11 is 0. The van der Waals surface area contributed by atoms with Crippen molar-refractivity contribution < 1.29 is 24.1 Å². The molecule has 1 fully saturated rings. The first kappa shape index (κ1) is 31.2. The maximum absolute atomic E-state index is 11.9. The van der Waals surface area contributed by atoms with E-state index in [9.17, 15) is 9.90 Å². The van der Waals surface area contributed by atoms with Gasteiger partial charge in [0.15, 0.2) is 6.29 Å². The van der Waals surface area contributed by atoms with Gasteiger partial charge in [0.25, 0.3) is 0 Å². The average Bonchev–Trinajstić information content (AvgIpc) is 3.07. The largest absolute Gasteiger partial charge is 0.445 e. The van der Waals surface area contributed by atoms with Crippen LogP contribution in [0.1, 0.15) is 46.6 Å². The Morgan fingerprint density at radius 1 is 0.909 bits per heavy atom. The lowest BCUT2D eigenvalue weighted by atomic mass is 9.98. The number of carbonyl (C=O) groups excluding carboxylic acids is 1. The molecule has 228 valence electrons. The highest BCUT2D eigenvalue weighted by Gasteiger charge is 2.33. The van der Waals surface area contributed by atoms with Gasteiger partial charge in [-0.05, 0) is 52.6 Å². The number of alkyl carbamates (subject to hydrolysis) is 1. The van der Waals surface area contributed by atoms with E-state index in [0.29, 0.717) is 6.54 Å². The molecule has 4 aromatic carbocycles. The van der Waals surface area contributed by atoms with Crippen molar-refractivity contribution in [3.8, 4) is 11.1 Å². The van der Waals surface area contributed by atoms with Crippen molar-refractivity contribution in [3.63, 3.8) is 0 Å². The molecule has 3 atom stereocenters. The van der Waals surface area contributed by atoms with Crippen molar-refractivity contribution in [2.45, 2.75) is 44.6 Å². The molecule has 1 heterocycles. The summed E-state index contributed by atoms with van der Waals surface area (Å²) in [5.41, 5.74) is 7.14. The number of ether oxygens (including phenoxy) is 3. The summed E-state index contributed by atoms with van der Waals surface area (Å²) in [5.74, 6) is 0. The molecule has 7 heteroatoms. The van der Waals surface area contributed by atoms with Gasteiger partial charge in [-0.25, -0.2) is 4.79 Å². The van der Waals surface area contributed by atoms with Gasteiger partial charge in [0, 0.05) is 31.6 Å². The molecule has 2 N–H and O–H groups in total. The van der Waals surface area contributed by atoms with E-state index in [2.05, 4.69) is 66.3 Å². The number of hydrogen-bond acceptors (Lipinski definition) is 6. The van der Waals surface area contributed by atoms with E-state index in [4.69, 9.17) is 14.2 Å². The second kappa shape index (κ2) is 15.5. The summed E-state index contributed by atoms with van der Waals surface area (Å²) in [6, 6.07) is 34.7. The van der Waals surface area contributed by atoms with Crippen LogP contribution >= 0.6 is 0 Å². The van der Waals surface area contributed by atoms with Gasteiger partial charge in [0.2, 0.25) is 0 Å². The summed E-state index contributed by atoms with van der Waals surface area (Å²) < 4.78 is 18.2. The highest BCUT2D eigenvalue weighted by molar-refractivity contribution is 5.68. The zero-order valence-corrected chi connectivity index (χ0v) is 25.1. The van der Waals surface area contributed by atoms with Crippen LogP contribution in [0.2, 0.25) is 0 Å². The van der Waals surface area contributed by atoms with Crippen molar-refractivity contribution >= 4 is 6.09 Å². The van der Waals surface area contributed by atoms with Gasteiger partial charge in [-0.1, -0.05) is 104 Å². The topological polar surface area (TPSA) is 80.3 Å². The molecule has 1 saturated heterocycles. The normalized spacial score (nSPS) is 18.1. The zero-order chi connectivity index (χ0) is 30.7. The van der Waals surface area contributed by atoms with E-state index < -0.39 is 12.4 Å². The average molecular weight is 593 g/mol. The third-order valence-corrected chi connectivity index (χ3v) is 7.61. The molecule has 1 amide bonds. The summed E-state index contributed by atoms with van der Waals surface area (Å²) in [6.45, 7) is 5.68. The Labute approximate surface area is 259 Å². The van der Waals surface area contributed by atoms with Gasteiger partial charge < -0.3 is 24.6 Å². The molecular formula is C37H40N2O5. The number of likely N-dealkylation sites (N-methyl/N-ethyl adjacent to an activating group) is 1. The number of amides is 1. The molecule has 1 aliphatic rings. The maximum Gasteiger partial charge on any atom is 0.407 e. The van der Waals surface area contributed by atoms with E-state index in [0.717, 1.165) is 52.9 Å². The Morgan fingerprint density at radius 2 is 1.64 bits per heavy atom. The van der Waals surface area contributed by atoms with E-state index in [1.54, 1.807) is 0 Å². The Hall–Kier alpha value is -4.27. The Balaban J connectivity index is 1.34. The van der Waals surface area contributed by atoms with Crippen LogP contribution in [0.5, 0.6) is 0 Å². The van der Waals surface area contributed by atoms with E-state index in [1.807, 2.05) is 60.7 Å². The molecule has 0 radical (unpaired) electrons. The molecule has 0 saturated carbocycles. The van der Waals surface area contributed by atoms with Crippen molar-refractivity contribution in [1.82, 2.24) is 10.2 Å². The Morgan fingerprint density at radius 3 is 2.39 bits per heavy atom. The first-order valence-corrected chi connectivity index (χ1v) is 14.9. The van der Waals surface area contributed by atoms with Crippen molar-refractivity contribution in [1.29, 1.82) is 0 Å². The Kier molecular flexibility index (Phi) is 10.9. The quantitative estimate of drug-likeness (QED) is 0.174. The van der Waals surface area contributed by atoms with Gasteiger partial charge in [-0.3, -0.25) is 4.90 Å². The van der Waals surface area contributed by atoms with Gasteiger partial charge in [-0.15, -0.1) is 0 Å². The third-order valence-electron chi connectivity index (χ3n) is 7.61. The van der Waals surface area contributed by atoms with Crippen molar-refractivity contribution in [3.05, 3.63) is 144 Å². The lowest BCUT2D eigenvalue weighted by Gasteiger charge is -2.38. The summed E-state index contributed by atoms with van der Waals surface area (Å²) in [4.78, 5) is 14.2. The molecule has 7 nitrogen and oxygen atoms in total. The number of nitrogens with zero attached hydrogens (tertiary/aromatic N) is 1. The van der Waals surface area contributed by atoms with Gasteiger partial charge >= 0.3 is 6.09 Å². The number of aliphatic hydroxyl groups excluding tert-OH is 1. The number of benzene rings is 4. The predicted octanol–water partition coefficient (Wildman–Crippen LogP) is 6.94. The van der Waals surface area contributed by atoms with E-state index in [1.165, 1.54) is 11.6 Å². The van der Waals surface area contributed by atoms with Crippen LogP contribution in [-0.4, -0.2) is 42.4 Å². The summed E-state index contributed by atoms with van der Waals surface area (Å²) in [7, 11) is 2.12. The van der Waals surface area contributed by atoms with Crippen molar-refractivity contribution in [2.24, 2.45) is 0 Å². The molecular weight excluding hydrogens is 552 g/mol. The second-order valence-corrected chi connectivity index (χ2v) is 11.1. The smallest absolute Gasteiger partial charge is 0.407 e. The first-order valence-electron chi connectivity index (χ1n) is 14.9. The number of carbonyl (C=O) groups is 1. The van der Waals surface area contributed by atoms with Gasteiger partial charge in [0.05, 0.1) is 18.8 Å². The van der Waals surface area contributed by atoms with Crippen LogP contribution in [0.3, 0.4) is 0 Å². The minimum absolute atomic E-state index is 0.00783. The fraction of sp³-hybridized carbons (Fsp3) is 0.270. The fourth-order valence-corrected chi connectivity index (χ4v) is 5.43. The number of aliphatic hydroxyl groups is 1. The number of nitrogens with one attached hydrogen (secondary N) is 1. The third kappa shape index (κ3) is 8.65. The molecule has 1 aliphatic heterocycles. The maximum atomic E-state index is 11.9. The van der Waals surface area contributed by atoms with Crippen molar-refractivity contribution in [2.75, 3.05) is 20.2 Å². The molecule has 0 unspecified atom stereocenters. The monoisotopic (exact) mass is 592 g/mol. The summed E-state index contributed by atoms with van der Waals surface area (Å²) in [6.07, 6.45) is 1.02. The van der Waals surface area contributed by atoms with Crippen LogP contribution < -0.4 is 5.32 Å². The lowest BCUT2D eigenvalue weighted by molar-refractivity contribution is -0.252. The standard InChI is InChI=1S/C37H40N2O5/c1-3-19-42-37(41)38-23-29-11-7-12-31(20-29)32-13-8-14-33(21-32)36-43-34(25-39(2)24-27-9-5-4-6-10-27)22-35(44-36)30-17-15-28(26-40)16-18-30/h3-18,20-21,34-36,40H,1,19,22-26H2,2H3,(H,38,41)/t34-,35+,36+/m0/s1. The van der Waals surface area contributed by atoms with Gasteiger partial charge in [0.1, 0.15) is 6.61 Å². The minimum Gasteiger partial charge on any atom is -0.445 e. The van der Waals surface area contributed by atoms with E-state index in [-0.39, 0.29) is 25.4 Å². The van der Waals surface area contributed by atoms with Crippen LogP contribution in [0, 0.1) is 0 Å². The lowest BCUT2D eigenvalue weighted by Crippen LogP contribution is -2.37. The highest BCUT2D eigenvalue weighted by Crippen LogP contribution is 2.39. The molecule has 5 rings (SSSR count). The SMILES string of the molecule is C=CCOC(=O)NCc1cccc(-c2cccc([C@@H]3O[C@H](CN(C)Cc4ccccc4)C[C@H](c4ccc(CO)cc4)O3)c2)c1. The predicted molar refractivity (Wildman–Crippen MR) is 171 cm³/mol. The highest BCUT2D eigenvalue weighted by atomic mass is 16.7. The van der Waals surface area contributed by atoms with Crippen LogP contribution in [0.4, 0.5) is 4.79 Å². The van der Waals surface area contributed by atoms with E-state index >= 15 is 0 Å². The minimum atomic E-state index is -0.550. The second-order valence-electron chi connectivity index (χ2n) is 11.1. The Bertz CT molecular complexity index is 1510. The molecule has 4 aromatic rings. The summed E-state index contributed by atoms with van der Waals surface area (Å²) in [5, 5.41) is 12.3. The van der Waals surface area contributed by atoms with Crippen LogP contribution in [-0.2, 0) is 33.9 Å². The van der Waals surface area contributed by atoms with Crippen LogP contribution in [0.15, 0.2) is 116 Å². The van der Waals surface area contributed by atoms with Gasteiger partial charge in [-0.2, -0.15) is 0 Å². The molecule has 0 bridgehead atoms. The first-order chi connectivity index (χ1) is 21.5. The molecule has 44 heavy (non-hydrogen) atoms. The molecule has 0 spiro atoms. The zero-order valence-electron chi connectivity index (χ0n) is 25.1. The number of rotatable bonds is 12. The van der Waals surface area contributed by atoms with Crippen LogP contribution in [0.25, 0.3) is 11.1 Å². The number of hydrogen-bond donors (Lipinski definition) is 2.